The van der Waals surface area contributed by atoms with Gasteiger partial charge in [0.2, 0.25) is 0 Å². The van der Waals surface area contributed by atoms with Gasteiger partial charge in [-0.1, -0.05) is 18.7 Å². The molecule has 1 aromatic heterocycles. The zero-order valence-corrected chi connectivity index (χ0v) is 11.6. The third-order valence-corrected chi connectivity index (χ3v) is 3.07. The monoisotopic (exact) mass is 300 g/mol. The Labute approximate surface area is 126 Å². The zero-order chi connectivity index (χ0) is 16.3. The maximum Gasteiger partial charge on any atom is 0.341 e. The lowest BCUT2D eigenvalue weighted by Crippen LogP contribution is -2.35. The third kappa shape index (κ3) is 3.49. The quantitative estimate of drug-likeness (QED) is 0.579. The molecule has 3 N–H and O–H groups in total. The summed E-state index contributed by atoms with van der Waals surface area (Å²) in [7, 11) is 0. The standard InChI is InChI=1S/C16H13NO5/c1-10(18)13-6-14(16(21)22)9-17(8-13)7-11-2-4-12(5-3-11)15(19)20/h2-6,8-9H,1,7H2,(H2-,18,19,20,21,22)/p+1. The Morgan fingerprint density at radius 1 is 0.909 bits per heavy atom. The van der Waals surface area contributed by atoms with E-state index in [1.54, 1.807) is 22.9 Å². The van der Waals surface area contributed by atoms with Gasteiger partial charge in [-0.2, -0.15) is 4.57 Å². The number of aliphatic hydroxyl groups excluding tert-OH is 1. The minimum Gasteiger partial charge on any atom is -0.508 e. The number of rotatable bonds is 5. The second-order valence-corrected chi connectivity index (χ2v) is 4.74. The number of benzene rings is 1. The predicted octanol–water partition coefficient (Wildman–Crippen LogP) is 1.95. The number of hydrogen-bond donors (Lipinski definition) is 3. The van der Waals surface area contributed by atoms with Crippen molar-refractivity contribution >= 4 is 17.7 Å². The van der Waals surface area contributed by atoms with Gasteiger partial charge in [0.05, 0.1) is 11.1 Å². The summed E-state index contributed by atoms with van der Waals surface area (Å²) in [6.07, 6.45) is 3.00. The highest BCUT2D eigenvalue weighted by Crippen LogP contribution is 2.10. The lowest BCUT2D eigenvalue weighted by molar-refractivity contribution is -0.688. The molecule has 6 nitrogen and oxygen atoms in total. The van der Waals surface area contributed by atoms with Crippen LogP contribution in [-0.4, -0.2) is 27.3 Å². The SMILES string of the molecule is C=C(O)c1cc(C(=O)O)c[n+](Cc2ccc(C(=O)O)cc2)c1. The van der Waals surface area contributed by atoms with E-state index in [9.17, 15) is 14.7 Å². The molecule has 0 spiro atoms. The first kappa shape index (κ1) is 15.2. The molecule has 0 aliphatic heterocycles. The molecule has 1 aromatic carbocycles. The number of nitrogens with zero attached hydrogens (tertiary/aromatic N) is 1. The van der Waals surface area contributed by atoms with E-state index in [0.29, 0.717) is 12.1 Å². The number of carboxylic acid groups (broad SMARTS) is 2. The smallest absolute Gasteiger partial charge is 0.341 e. The maximum absolute atomic E-state index is 11.1. The zero-order valence-electron chi connectivity index (χ0n) is 11.6. The van der Waals surface area contributed by atoms with Gasteiger partial charge in [0.25, 0.3) is 0 Å². The van der Waals surface area contributed by atoms with Crippen molar-refractivity contribution in [2.45, 2.75) is 6.54 Å². The van der Waals surface area contributed by atoms with Gasteiger partial charge in [0, 0.05) is 5.56 Å². The van der Waals surface area contributed by atoms with Crippen LogP contribution >= 0.6 is 0 Å². The Kier molecular flexibility index (Phi) is 4.22. The van der Waals surface area contributed by atoms with Crippen LogP contribution in [0.4, 0.5) is 0 Å². The summed E-state index contributed by atoms with van der Waals surface area (Å²) < 4.78 is 1.59. The minimum atomic E-state index is -1.11. The molecule has 22 heavy (non-hydrogen) atoms. The Morgan fingerprint density at radius 3 is 1.95 bits per heavy atom. The van der Waals surface area contributed by atoms with Gasteiger partial charge in [-0.05, 0) is 18.2 Å². The maximum atomic E-state index is 11.1. The average molecular weight is 300 g/mol. The Morgan fingerprint density at radius 2 is 1.45 bits per heavy atom. The second-order valence-electron chi connectivity index (χ2n) is 4.74. The first-order valence-corrected chi connectivity index (χ1v) is 6.34. The molecule has 2 rings (SSSR count). The normalized spacial score (nSPS) is 10.2. The van der Waals surface area contributed by atoms with Gasteiger partial charge in [0.1, 0.15) is 11.3 Å². The predicted molar refractivity (Wildman–Crippen MR) is 77.8 cm³/mol. The lowest BCUT2D eigenvalue weighted by Gasteiger charge is -2.03. The van der Waals surface area contributed by atoms with Crippen LogP contribution < -0.4 is 4.57 Å². The van der Waals surface area contributed by atoms with E-state index in [4.69, 9.17) is 10.2 Å². The first-order chi connectivity index (χ1) is 10.4. The van der Waals surface area contributed by atoms with Crippen molar-refractivity contribution < 1.29 is 29.5 Å². The fourth-order valence-corrected chi connectivity index (χ4v) is 1.97. The summed E-state index contributed by atoms with van der Waals surface area (Å²) >= 11 is 0. The summed E-state index contributed by atoms with van der Waals surface area (Å²) in [4.78, 5) is 21.9. The molecule has 0 radical (unpaired) electrons. The number of carboxylic acids is 2. The number of pyridine rings is 1. The van der Waals surface area contributed by atoms with Crippen LogP contribution in [0.25, 0.3) is 5.76 Å². The van der Waals surface area contributed by atoms with Gasteiger partial charge in [-0.3, -0.25) is 0 Å². The number of hydrogen-bond acceptors (Lipinski definition) is 3. The highest BCUT2D eigenvalue weighted by atomic mass is 16.4. The molecule has 0 aliphatic rings. The summed E-state index contributed by atoms with van der Waals surface area (Å²) in [6, 6.07) is 7.58. The van der Waals surface area contributed by atoms with E-state index < -0.39 is 11.9 Å². The Bertz CT molecular complexity index is 717. The van der Waals surface area contributed by atoms with E-state index in [1.807, 2.05) is 0 Å². The minimum absolute atomic E-state index is 0.0230. The number of aliphatic hydroxyl groups is 1. The topological polar surface area (TPSA) is 98.7 Å². The van der Waals surface area contributed by atoms with E-state index in [-0.39, 0.29) is 16.9 Å². The molecule has 0 atom stereocenters. The molecule has 0 saturated carbocycles. The van der Waals surface area contributed by atoms with Crippen LogP contribution in [-0.2, 0) is 6.54 Å². The third-order valence-electron chi connectivity index (χ3n) is 3.07. The molecule has 1 heterocycles. The van der Waals surface area contributed by atoms with Crippen molar-refractivity contribution in [1.82, 2.24) is 0 Å². The number of aromatic nitrogens is 1. The summed E-state index contributed by atoms with van der Waals surface area (Å²) in [5.74, 6) is -2.35. The molecular formula is C16H14NO5+. The van der Waals surface area contributed by atoms with Crippen LogP contribution in [0.2, 0.25) is 0 Å². The highest BCUT2D eigenvalue weighted by molar-refractivity contribution is 5.88. The van der Waals surface area contributed by atoms with E-state index in [1.165, 1.54) is 24.4 Å². The Hall–Kier alpha value is -3.15. The van der Waals surface area contributed by atoms with Gasteiger partial charge in [-0.25, -0.2) is 9.59 Å². The van der Waals surface area contributed by atoms with Gasteiger partial charge >= 0.3 is 11.9 Å². The molecule has 6 heteroatoms. The molecule has 0 aliphatic carbocycles. The summed E-state index contributed by atoms with van der Waals surface area (Å²) in [5.41, 5.74) is 1.31. The number of aromatic carboxylic acids is 2. The van der Waals surface area contributed by atoms with E-state index in [2.05, 4.69) is 6.58 Å². The first-order valence-electron chi connectivity index (χ1n) is 6.34. The van der Waals surface area contributed by atoms with Crippen molar-refractivity contribution in [2.75, 3.05) is 0 Å². The van der Waals surface area contributed by atoms with Gasteiger partial charge < -0.3 is 15.3 Å². The van der Waals surface area contributed by atoms with Crippen LogP contribution in [0.5, 0.6) is 0 Å². The fourth-order valence-electron chi connectivity index (χ4n) is 1.97. The summed E-state index contributed by atoms with van der Waals surface area (Å²) in [6.45, 7) is 3.72. The molecule has 0 saturated heterocycles. The second kappa shape index (κ2) is 6.09. The van der Waals surface area contributed by atoms with Gasteiger partial charge in [0.15, 0.2) is 18.9 Å². The van der Waals surface area contributed by atoms with Crippen molar-refractivity contribution in [3.05, 3.63) is 71.6 Å². The molecule has 0 fully saturated rings. The molecule has 112 valence electrons. The average Bonchev–Trinajstić information content (AvgIpc) is 2.47. The van der Waals surface area contributed by atoms with E-state index >= 15 is 0 Å². The molecular weight excluding hydrogens is 286 g/mol. The highest BCUT2D eigenvalue weighted by Gasteiger charge is 2.15. The lowest BCUT2D eigenvalue weighted by atomic mass is 10.1. The van der Waals surface area contributed by atoms with Crippen LogP contribution in [0.15, 0.2) is 49.3 Å². The Balaban J connectivity index is 2.33. The molecule has 0 bridgehead atoms. The number of carbonyl (C=O) groups is 2. The molecule has 0 unspecified atom stereocenters. The largest absolute Gasteiger partial charge is 0.508 e. The van der Waals surface area contributed by atoms with Crippen molar-refractivity contribution in [2.24, 2.45) is 0 Å². The van der Waals surface area contributed by atoms with Crippen molar-refractivity contribution in [3.8, 4) is 0 Å². The van der Waals surface area contributed by atoms with Crippen LogP contribution in [0, 0.1) is 0 Å². The van der Waals surface area contributed by atoms with Gasteiger partial charge in [-0.15, -0.1) is 0 Å². The fraction of sp³-hybridized carbons (Fsp3) is 0.0625. The van der Waals surface area contributed by atoms with E-state index in [0.717, 1.165) is 5.56 Å². The van der Waals surface area contributed by atoms with Crippen LogP contribution in [0.1, 0.15) is 31.8 Å². The van der Waals surface area contributed by atoms with Crippen molar-refractivity contribution in [1.29, 1.82) is 0 Å². The molecule has 0 amide bonds. The van der Waals surface area contributed by atoms with Crippen LogP contribution in [0.3, 0.4) is 0 Å². The summed E-state index contributed by atoms with van der Waals surface area (Å²) in [5, 5.41) is 27.4. The van der Waals surface area contributed by atoms with Crippen molar-refractivity contribution in [3.63, 3.8) is 0 Å². The molecule has 2 aromatic rings.